The zero-order chi connectivity index (χ0) is 25.1. The van der Waals surface area contributed by atoms with Crippen LogP contribution in [0.1, 0.15) is 60.2 Å². The molecule has 1 aromatic carbocycles. The van der Waals surface area contributed by atoms with Crippen LogP contribution in [0.4, 0.5) is 0 Å². The van der Waals surface area contributed by atoms with E-state index < -0.39 is 0 Å². The minimum Gasteiger partial charge on any atom is -0.320 e. The van der Waals surface area contributed by atoms with Crippen LogP contribution in [0.25, 0.3) is 23.4 Å². The molecule has 0 radical (unpaired) electrons. The summed E-state index contributed by atoms with van der Waals surface area (Å²) >= 11 is 2.25. The molecule has 2 aromatic rings. The van der Waals surface area contributed by atoms with Crippen LogP contribution in [0.5, 0.6) is 0 Å². The molecule has 0 amide bonds. The van der Waals surface area contributed by atoms with E-state index in [0.717, 1.165) is 25.7 Å². The quantitative estimate of drug-likeness (QED) is 0.371. The highest BCUT2D eigenvalue weighted by molar-refractivity contribution is 8.01. The second kappa shape index (κ2) is 9.35. The first-order chi connectivity index (χ1) is 18.8. The highest BCUT2D eigenvalue weighted by Crippen LogP contribution is 2.54. The van der Waals surface area contributed by atoms with E-state index in [1.165, 1.54) is 47.2 Å². The van der Waals surface area contributed by atoms with Crippen molar-refractivity contribution in [2.24, 2.45) is 17.8 Å². The van der Waals surface area contributed by atoms with Gasteiger partial charge >= 0.3 is 0 Å². The maximum atomic E-state index is 2.70. The average molecular weight is 514 g/mol. The summed E-state index contributed by atoms with van der Waals surface area (Å²) in [5.41, 5.74) is 12.1. The molecule has 0 N–H and O–H groups in total. The van der Waals surface area contributed by atoms with E-state index in [4.69, 9.17) is 0 Å². The van der Waals surface area contributed by atoms with Gasteiger partial charge in [-0.2, -0.15) is 0 Å². The minimum absolute atomic E-state index is 0.655. The number of rotatable bonds is 3. The van der Waals surface area contributed by atoms with E-state index in [-0.39, 0.29) is 0 Å². The van der Waals surface area contributed by atoms with Crippen molar-refractivity contribution in [2.45, 2.75) is 55.4 Å². The van der Waals surface area contributed by atoms with E-state index >= 15 is 0 Å². The smallest absolute Gasteiger partial charge is 0.0308 e. The van der Waals surface area contributed by atoms with Gasteiger partial charge in [0.05, 0.1) is 0 Å². The SMILES string of the molecule is C1=CC2SC3C(C4=Cc5c6c(n(C7=CC(c8ccccc8)=CCC7)c5CC4)CCC=C6)CC=CC3C2C=C1. The summed E-state index contributed by atoms with van der Waals surface area (Å²) in [6, 6.07) is 10.9. The fourth-order valence-electron chi connectivity index (χ4n) is 7.89. The van der Waals surface area contributed by atoms with Gasteiger partial charge in [0.15, 0.2) is 0 Å². The van der Waals surface area contributed by atoms with Crippen LogP contribution in [-0.2, 0) is 12.8 Å². The van der Waals surface area contributed by atoms with Crippen molar-refractivity contribution in [3.05, 3.63) is 119 Å². The molecule has 5 atom stereocenters. The summed E-state index contributed by atoms with van der Waals surface area (Å²) in [5.74, 6) is 2.03. The summed E-state index contributed by atoms with van der Waals surface area (Å²) in [6.07, 6.45) is 35.0. The topological polar surface area (TPSA) is 4.93 Å². The molecule has 8 rings (SSSR count). The van der Waals surface area contributed by atoms with Crippen LogP contribution in [0.3, 0.4) is 0 Å². The van der Waals surface area contributed by atoms with E-state index in [1.807, 2.05) is 0 Å². The van der Waals surface area contributed by atoms with Gasteiger partial charge in [-0.05, 0) is 79.9 Å². The molecule has 2 heterocycles. The number of thioether (sulfide) groups is 1. The minimum atomic E-state index is 0.655. The van der Waals surface area contributed by atoms with Gasteiger partial charge in [0.25, 0.3) is 0 Å². The fraction of sp³-hybridized carbons (Fsp3) is 0.333. The van der Waals surface area contributed by atoms with Crippen LogP contribution in [0.15, 0.2) is 90.6 Å². The Morgan fingerprint density at radius 3 is 2.61 bits per heavy atom. The highest BCUT2D eigenvalue weighted by atomic mass is 32.2. The van der Waals surface area contributed by atoms with Gasteiger partial charge in [0.2, 0.25) is 0 Å². The molecular formula is C36H35NS. The van der Waals surface area contributed by atoms with Gasteiger partial charge in [-0.1, -0.05) is 96.7 Å². The number of fused-ring (bicyclic) bond motifs is 6. The summed E-state index contributed by atoms with van der Waals surface area (Å²) in [7, 11) is 0. The second-order valence-electron chi connectivity index (χ2n) is 11.7. The number of hydrogen-bond acceptors (Lipinski definition) is 1. The molecule has 0 spiro atoms. The standard InChI is InChI=1S/C36H35NS/c1-2-10-24(11-3-1)25-12-8-13-27(22-25)37-33-18-6-4-14-29(33)32-23-26(20-21-34(32)37)28-16-9-17-31-30-15-5-7-19-35(30)38-36(28)31/h1-5,7,9-12,14-15,17,19,22-23,28,30-31,35-36H,6,8,13,16,18,20-21H2. The first-order valence-corrected chi connectivity index (χ1v) is 15.6. The molecule has 5 aliphatic carbocycles. The Hall–Kier alpha value is -2.97. The lowest BCUT2D eigenvalue weighted by Gasteiger charge is -2.34. The maximum Gasteiger partial charge on any atom is 0.0308 e. The lowest BCUT2D eigenvalue weighted by molar-refractivity contribution is 0.407. The van der Waals surface area contributed by atoms with Crippen molar-refractivity contribution in [2.75, 3.05) is 0 Å². The number of allylic oxidation sites excluding steroid dienone is 11. The molecule has 2 heteroatoms. The van der Waals surface area contributed by atoms with Gasteiger partial charge in [0, 0.05) is 38.7 Å². The second-order valence-corrected chi connectivity index (χ2v) is 13.0. The maximum absolute atomic E-state index is 2.70. The Balaban J connectivity index is 1.18. The molecule has 1 nitrogen and oxygen atoms in total. The van der Waals surface area contributed by atoms with Crippen molar-refractivity contribution < 1.29 is 0 Å². The van der Waals surface area contributed by atoms with Crippen molar-refractivity contribution in [3.8, 4) is 0 Å². The largest absolute Gasteiger partial charge is 0.320 e. The lowest BCUT2D eigenvalue weighted by atomic mass is 9.73. The van der Waals surface area contributed by atoms with Gasteiger partial charge < -0.3 is 4.57 Å². The molecule has 1 fully saturated rings. The van der Waals surface area contributed by atoms with E-state index in [9.17, 15) is 0 Å². The molecule has 190 valence electrons. The summed E-state index contributed by atoms with van der Waals surface area (Å²) in [5, 5.41) is 1.37. The zero-order valence-corrected chi connectivity index (χ0v) is 22.7. The third kappa shape index (κ3) is 3.67. The van der Waals surface area contributed by atoms with Crippen LogP contribution in [0.2, 0.25) is 0 Å². The first kappa shape index (κ1) is 23.0. The molecule has 0 bridgehead atoms. The molecule has 6 aliphatic rings. The van der Waals surface area contributed by atoms with Crippen molar-refractivity contribution in [3.63, 3.8) is 0 Å². The Morgan fingerprint density at radius 2 is 1.66 bits per heavy atom. The molecule has 1 saturated heterocycles. The number of nitrogens with zero attached hydrogens (tertiary/aromatic N) is 1. The normalized spacial score (nSPS) is 30.6. The van der Waals surface area contributed by atoms with Crippen LogP contribution in [-0.4, -0.2) is 15.1 Å². The lowest BCUT2D eigenvalue weighted by Crippen LogP contribution is -2.29. The van der Waals surface area contributed by atoms with E-state index in [2.05, 4.69) is 113 Å². The van der Waals surface area contributed by atoms with Crippen molar-refractivity contribution in [1.82, 2.24) is 4.57 Å². The summed E-state index contributed by atoms with van der Waals surface area (Å²) in [6.45, 7) is 0. The monoisotopic (exact) mass is 513 g/mol. The van der Waals surface area contributed by atoms with Gasteiger partial charge in [0.1, 0.15) is 0 Å². The van der Waals surface area contributed by atoms with E-state index in [0.29, 0.717) is 28.3 Å². The number of hydrogen-bond donors (Lipinski definition) is 0. The Kier molecular flexibility index (Phi) is 5.65. The molecule has 38 heavy (non-hydrogen) atoms. The Morgan fingerprint density at radius 1 is 0.763 bits per heavy atom. The molecule has 1 aromatic heterocycles. The van der Waals surface area contributed by atoms with Gasteiger partial charge in [-0.3, -0.25) is 0 Å². The van der Waals surface area contributed by atoms with Crippen molar-refractivity contribution in [1.29, 1.82) is 0 Å². The molecule has 5 unspecified atom stereocenters. The zero-order valence-electron chi connectivity index (χ0n) is 21.9. The fourth-order valence-corrected chi connectivity index (χ4v) is 9.81. The highest BCUT2D eigenvalue weighted by Gasteiger charge is 2.46. The summed E-state index contributed by atoms with van der Waals surface area (Å²) < 4.78 is 2.70. The third-order valence-corrected chi connectivity index (χ3v) is 11.4. The van der Waals surface area contributed by atoms with Crippen LogP contribution in [0, 0.1) is 17.8 Å². The Bertz CT molecular complexity index is 1490. The number of aromatic nitrogens is 1. The van der Waals surface area contributed by atoms with Gasteiger partial charge in [-0.25, -0.2) is 0 Å². The average Bonchev–Trinajstić information content (AvgIpc) is 3.53. The third-order valence-electron chi connectivity index (χ3n) is 9.63. The number of benzene rings is 1. The summed E-state index contributed by atoms with van der Waals surface area (Å²) in [4.78, 5) is 0. The first-order valence-electron chi connectivity index (χ1n) is 14.6. The molecule has 0 saturated carbocycles. The van der Waals surface area contributed by atoms with Crippen LogP contribution >= 0.6 is 11.8 Å². The van der Waals surface area contributed by atoms with E-state index in [1.54, 1.807) is 17.0 Å². The molecule has 1 aliphatic heterocycles. The van der Waals surface area contributed by atoms with Crippen LogP contribution < -0.4 is 0 Å². The predicted octanol–water partition coefficient (Wildman–Crippen LogP) is 8.91. The Labute approximate surface area is 231 Å². The van der Waals surface area contributed by atoms with Gasteiger partial charge in [-0.15, -0.1) is 11.8 Å². The molecular weight excluding hydrogens is 478 g/mol. The van der Waals surface area contributed by atoms with Crippen molar-refractivity contribution >= 4 is 35.2 Å². The predicted molar refractivity (Wildman–Crippen MR) is 164 cm³/mol.